The standard InChI is InChI=1S/C16H11FN2O2/c17-14-9-11(10-18)4-5-13(14)16(15(20)21)7-6-12-3-1-2-8-19(12)16/h1,3-5,8-9H,6-7H2,(H,20,21). The first-order valence-corrected chi connectivity index (χ1v) is 6.44. The van der Waals surface area contributed by atoms with Crippen molar-refractivity contribution in [2.75, 3.05) is 0 Å². The highest BCUT2D eigenvalue weighted by molar-refractivity contribution is 5.82. The first-order valence-electron chi connectivity index (χ1n) is 6.44. The molecule has 0 radical (unpaired) electrons. The molecule has 2 aliphatic heterocycles. The number of carboxylic acids is 1. The number of fused-ring (bicyclic) bond motifs is 1. The maximum Gasteiger partial charge on any atom is 0.334 e. The van der Waals surface area contributed by atoms with Gasteiger partial charge in [0.2, 0.25) is 0 Å². The number of nitriles is 1. The van der Waals surface area contributed by atoms with Gasteiger partial charge in [-0.3, -0.25) is 0 Å². The van der Waals surface area contributed by atoms with E-state index in [1.54, 1.807) is 17.1 Å². The molecule has 2 heterocycles. The Morgan fingerprint density at radius 2 is 2.33 bits per heavy atom. The molecule has 0 amide bonds. The Kier molecular flexibility index (Phi) is 2.90. The van der Waals surface area contributed by atoms with Crippen LogP contribution < -0.4 is 0 Å². The average Bonchev–Trinajstić information content (AvgIpc) is 2.88. The molecule has 1 aromatic carbocycles. The lowest BCUT2D eigenvalue weighted by atomic mass is 9.86. The monoisotopic (exact) mass is 282 g/mol. The molecule has 0 aliphatic carbocycles. The fourth-order valence-electron chi connectivity index (χ4n) is 2.92. The molecule has 0 saturated carbocycles. The van der Waals surface area contributed by atoms with Crippen LogP contribution in [0.1, 0.15) is 24.0 Å². The van der Waals surface area contributed by atoms with Crippen LogP contribution in [0.15, 0.2) is 48.0 Å². The van der Waals surface area contributed by atoms with Gasteiger partial charge in [0.15, 0.2) is 5.54 Å². The van der Waals surface area contributed by atoms with E-state index in [-0.39, 0.29) is 17.5 Å². The van der Waals surface area contributed by atoms with E-state index in [9.17, 15) is 14.3 Å². The van der Waals surface area contributed by atoms with Gasteiger partial charge >= 0.3 is 5.97 Å². The summed E-state index contributed by atoms with van der Waals surface area (Å²) in [7, 11) is 0. The van der Waals surface area contributed by atoms with Crippen molar-refractivity contribution < 1.29 is 14.3 Å². The Bertz CT molecular complexity index is 769. The predicted molar refractivity (Wildman–Crippen MR) is 72.2 cm³/mol. The molecule has 1 N–H and O–H groups in total. The minimum atomic E-state index is -1.48. The molecule has 3 rings (SSSR count). The summed E-state index contributed by atoms with van der Waals surface area (Å²) in [4.78, 5) is 13.5. The van der Waals surface area contributed by atoms with Crippen molar-refractivity contribution in [2.24, 2.45) is 0 Å². The Labute approximate surface area is 120 Å². The molecule has 0 aromatic heterocycles. The summed E-state index contributed by atoms with van der Waals surface area (Å²) in [5, 5.41) is 18.6. The topological polar surface area (TPSA) is 64.3 Å². The van der Waals surface area contributed by atoms with Crippen LogP contribution >= 0.6 is 0 Å². The van der Waals surface area contributed by atoms with Gasteiger partial charge in [0.05, 0.1) is 11.6 Å². The van der Waals surface area contributed by atoms with Crippen LogP contribution in [0.25, 0.3) is 0 Å². The van der Waals surface area contributed by atoms with Crippen LogP contribution in [0.3, 0.4) is 0 Å². The molecule has 0 spiro atoms. The molecule has 4 nitrogen and oxygen atoms in total. The van der Waals surface area contributed by atoms with Crippen molar-refractivity contribution in [3.8, 4) is 6.07 Å². The molecule has 0 bridgehead atoms. The Morgan fingerprint density at radius 1 is 1.52 bits per heavy atom. The molecule has 21 heavy (non-hydrogen) atoms. The lowest BCUT2D eigenvalue weighted by Gasteiger charge is -2.35. The lowest BCUT2D eigenvalue weighted by molar-refractivity contribution is -0.148. The second-order valence-corrected chi connectivity index (χ2v) is 4.96. The number of nitrogens with zero attached hydrogens (tertiary/aromatic N) is 2. The van der Waals surface area contributed by atoms with Crippen molar-refractivity contribution in [3.63, 3.8) is 0 Å². The Hall–Kier alpha value is -2.83. The van der Waals surface area contributed by atoms with E-state index in [2.05, 4.69) is 5.73 Å². The average molecular weight is 282 g/mol. The first kappa shape index (κ1) is 13.2. The Morgan fingerprint density at radius 3 is 3.00 bits per heavy atom. The number of benzene rings is 1. The van der Waals surface area contributed by atoms with E-state index >= 15 is 0 Å². The fourth-order valence-corrected chi connectivity index (χ4v) is 2.92. The lowest BCUT2D eigenvalue weighted by Crippen LogP contribution is -2.45. The maximum atomic E-state index is 14.4. The van der Waals surface area contributed by atoms with Gasteiger partial charge in [-0.15, -0.1) is 5.73 Å². The van der Waals surface area contributed by atoms with Gasteiger partial charge in [0, 0.05) is 17.5 Å². The summed E-state index contributed by atoms with van der Waals surface area (Å²) < 4.78 is 14.4. The molecular weight excluding hydrogens is 271 g/mol. The van der Waals surface area contributed by atoms with Gasteiger partial charge in [-0.05, 0) is 37.1 Å². The minimum absolute atomic E-state index is 0.0670. The zero-order chi connectivity index (χ0) is 15.0. The molecule has 1 atom stereocenters. The largest absolute Gasteiger partial charge is 0.479 e. The van der Waals surface area contributed by atoms with E-state index in [1.807, 2.05) is 6.07 Å². The normalized spacial score (nSPS) is 22.7. The van der Waals surface area contributed by atoms with Crippen molar-refractivity contribution in [2.45, 2.75) is 18.4 Å². The zero-order valence-corrected chi connectivity index (χ0v) is 11.0. The summed E-state index contributed by atoms with van der Waals surface area (Å²) in [6.45, 7) is 0. The molecule has 104 valence electrons. The summed E-state index contributed by atoms with van der Waals surface area (Å²) in [5.74, 6) is -1.80. The predicted octanol–water partition coefficient (Wildman–Crippen LogP) is 2.64. The smallest absolute Gasteiger partial charge is 0.334 e. The zero-order valence-electron chi connectivity index (χ0n) is 11.0. The highest BCUT2D eigenvalue weighted by Gasteiger charge is 2.52. The highest BCUT2D eigenvalue weighted by atomic mass is 19.1. The number of carboxylic acid groups (broad SMARTS) is 1. The molecule has 1 unspecified atom stereocenters. The van der Waals surface area contributed by atoms with Gasteiger partial charge in [0.25, 0.3) is 0 Å². The van der Waals surface area contributed by atoms with E-state index in [4.69, 9.17) is 5.26 Å². The number of aliphatic carboxylic acids is 1. The van der Waals surface area contributed by atoms with Gasteiger partial charge in [0.1, 0.15) is 5.82 Å². The Balaban J connectivity index is 2.21. The van der Waals surface area contributed by atoms with E-state index < -0.39 is 17.3 Å². The van der Waals surface area contributed by atoms with Crippen LogP contribution in [0, 0.1) is 17.1 Å². The third-order valence-electron chi connectivity index (χ3n) is 3.94. The second-order valence-electron chi connectivity index (χ2n) is 4.96. The molecule has 1 fully saturated rings. The second kappa shape index (κ2) is 4.62. The third kappa shape index (κ3) is 1.78. The van der Waals surface area contributed by atoms with Crippen LogP contribution in [0.5, 0.6) is 0 Å². The molecule has 5 heteroatoms. The number of allylic oxidation sites excluding steroid dienone is 3. The van der Waals surface area contributed by atoms with E-state index in [0.717, 1.165) is 11.8 Å². The summed E-state index contributed by atoms with van der Waals surface area (Å²) in [5.41, 5.74) is 2.41. The van der Waals surface area contributed by atoms with Crippen LogP contribution in [-0.2, 0) is 10.3 Å². The van der Waals surface area contributed by atoms with Crippen LogP contribution in [-0.4, -0.2) is 16.0 Å². The quantitative estimate of drug-likeness (QED) is 0.847. The van der Waals surface area contributed by atoms with Gasteiger partial charge < -0.3 is 10.0 Å². The summed E-state index contributed by atoms with van der Waals surface area (Å²) >= 11 is 0. The minimum Gasteiger partial charge on any atom is -0.479 e. The van der Waals surface area contributed by atoms with Gasteiger partial charge in [-0.1, -0.05) is 6.07 Å². The third-order valence-corrected chi connectivity index (χ3v) is 3.94. The first-order chi connectivity index (χ1) is 10.1. The molecular formula is C16H11FN2O2. The molecule has 2 aliphatic rings. The fraction of sp³-hybridized carbons (Fsp3) is 0.188. The summed E-state index contributed by atoms with van der Waals surface area (Å²) in [6, 6.07) is 5.75. The van der Waals surface area contributed by atoms with Crippen LogP contribution in [0.4, 0.5) is 4.39 Å². The van der Waals surface area contributed by atoms with E-state index in [1.165, 1.54) is 18.3 Å². The number of hydrogen-bond acceptors (Lipinski definition) is 3. The van der Waals surface area contributed by atoms with Crippen LogP contribution in [0.2, 0.25) is 0 Å². The molecule has 1 saturated heterocycles. The molecule has 1 aromatic rings. The number of hydrogen-bond donors (Lipinski definition) is 1. The van der Waals surface area contributed by atoms with Gasteiger partial charge in [-0.2, -0.15) is 5.26 Å². The summed E-state index contributed by atoms with van der Waals surface area (Å²) in [6.07, 6.45) is 5.84. The number of carbonyl (C=O) groups is 1. The van der Waals surface area contributed by atoms with Crippen molar-refractivity contribution >= 4 is 5.97 Å². The number of halogens is 1. The SMILES string of the molecule is N#Cc1ccc(C2(C(=O)O)CCC3=CC=C=CN32)c(F)c1. The van der Waals surface area contributed by atoms with E-state index in [0.29, 0.717) is 6.42 Å². The van der Waals surface area contributed by atoms with Crippen molar-refractivity contribution in [1.82, 2.24) is 4.90 Å². The van der Waals surface area contributed by atoms with Crippen molar-refractivity contribution in [3.05, 3.63) is 64.9 Å². The van der Waals surface area contributed by atoms with Gasteiger partial charge in [-0.25, -0.2) is 9.18 Å². The van der Waals surface area contributed by atoms with Crippen molar-refractivity contribution in [1.29, 1.82) is 5.26 Å². The highest BCUT2D eigenvalue weighted by Crippen LogP contribution is 2.46. The maximum absolute atomic E-state index is 14.4. The number of rotatable bonds is 2.